The Kier molecular flexibility index (Phi) is 8.75. The van der Waals surface area contributed by atoms with Crippen molar-refractivity contribution in [2.75, 3.05) is 0 Å². The highest BCUT2D eigenvalue weighted by Gasteiger charge is 2.19. The van der Waals surface area contributed by atoms with E-state index in [9.17, 15) is 0 Å². The van der Waals surface area contributed by atoms with Crippen LogP contribution in [0.1, 0.15) is 0 Å². The fraction of sp³-hybridized carbons (Fsp3) is 0. The standard InChI is InChI=1S/C58H37N5/c1-4-16-38(17-5-1)45-24-14-26-49-53(45)50-27-15-25-46(55(50)59-54(49)40-18-6-2-7-19-40)39-30-32-42(33-31-39)57-60-56(41-20-8-3-9-21-41)61-58(62-57)43-34-36-44(37-35-43)63-51-28-12-10-22-47(51)48-23-11-13-29-52(48)63/h1-37H. The minimum absolute atomic E-state index is 0.609. The number of rotatable bonds is 7. The molecule has 0 spiro atoms. The van der Waals surface area contributed by atoms with E-state index >= 15 is 0 Å². The third-order valence-electron chi connectivity index (χ3n) is 12.1. The molecule has 0 aliphatic carbocycles. The Morgan fingerprint density at radius 2 is 0.683 bits per heavy atom. The van der Waals surface area contributed by atoms with Crippen LogP contribution in [0.4, 0.5) is 0 Å². The molecule has 0 unspecified atom stereocenters. The topological polar surface area (TPSA) is 56.5 Å². The van der Waals surface area contributed by atoms with Gasteiger partial charge in [-0.3, -0.25) is 0 Å². The van der Waals surface area contributed by atoms with E-state index < -0.39 is 0 Å². The third kappa shape index (κ3) is 6.34. The summed E-state index contributed by atoms with van der Waals surface area (Å²) in [5.74, 6) is 1.85. The Morgan fingerprint density at radius 1 is 0.270 bits per heavy atom. The van der Waals surface area contributed by atoms with Gasteiger partial charge >= 0.3 is 0 Å². The number of hydrogen-bond acceptors (Lipinski definition) is 4. The van der Waals surface area contributed by atoms with E-state index in [-0.39, 0.29) is 0 Å². The maximum absolute atomic E-state index is 5.47. The quantitative estimate of drug-likeness (QED) is 0.151. The largest absolute Gasteiger partial charge is 0.309 e. The molecule has 0 aliphatic rings. The van der Waals surface area contributed by atoms with Gasteiger partial charge in [0.25, 0.3) is 0 Å². The molecule has 294 valence electrons. The minimum atomic E-state index is 0.609. The predicted molar refractivity (Wildman–Crippen MR) is 260 cm³/mol. The summed E-state index contributed by atoms with van der Waals surface area (Å²) in [5, 5.41) is 5.91. The summed E-state index contributed by atoms with van der Waals surface area (Å²) < 4.78 is 2.32. The molecule has 0 atom stereocenters. The smallest absolute Gasteiger partial charge is 0.164 e. The van der Waals surface area contributed by atoms with Crippen molar-refractivity contribution in [3.8, 4) is 73.4 Å². The first kappa shape index (κ1) is 36.3. The lowest BCUT2D eigenvalue weighted by Gasteiger charge is -2.16. The molecule has 0 aliphatic heterocycles. The summed E-state index contributed by atoms with van der Waals surface area (Å²) in [4.78, 5) is 20.7. The van der Waals surface area contributed by atoms with Crippen LogP contribution >= 0.6 is 0 Å². The first-order chi connectivity index (χ1) is 31.2. The lowest BCUT2D eigenvalue weighted by atomic mass is 9.91. The van der Waals surface area contributed by atoms with Gasteiger partial charge in [0, 0.05) is 60.4 Å². The van der Waals surface area contributed by atoms with E-state index in [2.05, 4.69) is 199 Å². The lowest BCUT2D eigenvalue weighted by molar-refractivity contribution is 1.07. The Balaban J connectivity index is 0.968. The molecule has 63 heavy (non-hydrogen) atoms. The van der Waals surface area contributed by atoms with Gasteiger partial charge in [0.2, 0.25) is 0 Å². The van der Waals surface area contributed by atoms with Gasteiger partial charge in [-0.25, -0.2) is 19.9 Å². The second kappa shape index (κ2) is 15.2. The number of pyridine rings is 1. The van der Waals surface area contributed by atoms with E-state index in [1.54, 1.807) is 0 Å². The van der Waals surface area contributed by atoms with Crippen molar-refractivity contribution in [3.05, 3.63) is 224 Å². The van der Waals surface area contributed by atoms with E-state index in [0.29, 0.717) is 17.5 Å². The molecule has 0 N–H and O–H groups in total. The fourth-order valence-electron chi connectivity index (χ4n) is 9.09. The van der Waals surface area contributed by atoms with Gasteiger partial charge in [0.15, 0.2) is 17.5 Å². The zero-order valence-electron chi connectivity index (χ0n) is 34.1. The number of nitrogens with zero attached hydrogens (tertiary/aromatic N) is 5. The summed E-state index contributed by atoms with van der Waals surface area (Å²) in [6, 6.07) is 78.6. The zero-order valence-corrected chi connectivity index (χ0v) is 34.1. The van der Waals surface area contributed by atoms with Gasteiger partial charge in [-0.15, -0.1) is 0 Å². The Morgan fingerprint density at radius 3 is 1.27 bits per heavy atom. The Labute approximate surface area is 364 Å². The molecule has 12 rings (SSSR count). The van der Waals surface area contributed by atoms with Crippen LogP contribution < -0.4 is 0 Å². The van der Waals surface area contributed by atoms with E-state index in [1.807, 2.05) is 30.3 Å². The highest BCUT2D eigenvalue weighted by molar-refractivity contribution is 6.19. The normalized spacial score (nSPS) is 11.5. The second-order valence-electron chi connectivity index (χ2n) is 15.8. The van der Waals surface area contributed by atoms with Gasteiger partial charge in [-0.1, -0.05) is 188 Å². The maximum Gasteiger partial charge on any atom is 0.164 e. The van der Waals surface area contributed by atoms with Crippen molar-refractivity contribution in [1.29, 1.82) is 0 Å². The summed E-state index contributed by atoms with van der Waals surface area (Å²) in [7, 11) is 0. The first-order valence-corrected chi connectivity index (χ1v) is 21.2. The van der Waals surface area contributed by atoms with Gasteiger partial charge in [-0.2, -0.15) is 0 Å². The molecule has 5 nitrogen and oxygen atoms in total. The molecule has 9 aromatic carbocycles. The zero-order chi connectivity index (χ0) is 41.7. The predicted octanol–water partition coefficient (Wildman–Crippen LogP) is 14.7. The highest BCUT2D eigenvalue weighted by atomic mass is 15.0. The van der Waals surface area contributed by atoms with E-state index in [0.717, 1.165) is 61.1 Å². The molecule has 0 radical (unpaired) electrons. The minimum Gasteiger partial charge on any atom is -0.309 e. The average Bonchev–Trinajstić information content (AvgIpc) is 3.71. The van der Waals surface area contributed by atoms with Gasteiger partial charge in [-0.05, 0) is 53.1 Å². The summed E-state index contributed by atoms with van der Waals surface area (Å²) in [6.07, 6.45) is 0. The van der Waals surface area contributed by atoms with Gasteiger partial charge < -0.3 is 4.57 Å². The van der Waals surface area contributed by atoms with Crippen LogP contribution in [0.5, 0.6) is 0 Å². The molecule has 12 aromatic rings. The Bertz CT molecular complexity index is 3580. The molecule has 3 aromatic heterocycles. The summed E-state index contributed by atoms with van der Waals surface area (Å²) in [5.41, 5.74) is 13.7. The molecule has 0 bridgehead atoms. The van der Waals surface area contributed by atoms with Crippen molar-refractivity contribution in [1.82, 2.24) is 24.5 Å². The number of hydrogen-bond donors (Lipinski definition) is 0. The number of para-hydroxylation sites is 3. The van der Waals surface area contributed by atoms with E-state index in [4.69, 9.17) is 19.9 Å². The monoisotopic (exact) mass is 803 g/mol. The van der Waals surface area contributed by atoms with Crippen LogP contribution in [0.15, 0.2) is 224 Å². The number of benzene rings is 9. The second-order valence-corrected chi connectivity index (χ2v) is 15.8. The van der Waals surface area contributed by atoms with Crippen molar-refractivity contribution < 1.29 is 0 Å². The average molecular weight is 804 g/mol. The van der Waals surface area contributed by atoms with Crippen molar-refractivity contribution in [2.45, 2.75) is 0 Å². The lowest BCUT2D eigenvalue weighted by Crippen LogP contribution is -2.00. The van der Waals surface area contributed by atoms with Crippen molar-refractivity contribution in [3.63, 3.8) is 0 Å². The van der Waals surface area contributed by atoms with Crippen molar-refractivity contribution in [2.24, 2.45) is 0 Å². The fourth-order valence-corrected chi connectivity index (χ4v) is 9.09. The van der Waals surface area contributed by atoms with Crippen LogP contribution in [0, 0.1) is 0 Å². The summed E-state index contributed by atoms with van der Waals surface area (Å²) >= 11 is 0. The van der Waals surface area contributed by atoms with E-state index in [1.165, 1.54) is 38.3 Å². The number of fused-ring (bicyclic) bond motifs is 6. The van der Waals surface area contributed by atoms with Crippen LogP contribution in [0.2, 0.25) is 0 Å². The highest BCUT2D eigenvalue weighted by Crippen LogP contribution is 2.41. The van der Waals surface area contributed by atoms with Crippen LogP contribution in [-0.2, 0) is 0 Å². The molecular formula is C58H37N5. The SMILES string of the molecule is c1ccc(-c2nc(-c3ccc(-c4cccc5c4nc(-c4ccccc4)c4cccc(-c6ccccc6)c45)cc3)nc(-c3ccc(-n4c5ccccc5c5ccccc54)cc3)n2)cc1. The Hall–Kier alpha value is -8.54. The van der Waals surface area contributed by atoms with Crippen LogP contribution in [-0.4, -0.2) is 24.5 Å². The molecule has 0 amide bonds. The molecule has 0 fully saturated rings. The third-order valence-corrected chi connectivity index (χ3v) is 12.1. The first-order valence-electron chi connectivity index (χ1n) is 21.2. The van der Waals surface area contributed by atoms with Crippen LogP contribution in [0.3, 0.4) is 0 Å². The van der Waals surface area contributed by atoms with Crippen molar-refractivity contribution >= 4 is 43.5 Å². The molecular weight excluding hydrogens is 767 g/mol. The van der Waals surface area contributed by atoms with Gasteiger partial charge in [0.1, 0.15) is 0 Å². The summed E-state index contributed by atoms with van der Waals surface area (Å²) in [6.45, 7) is 0. The molecule has 3 heterocycles. The number of aromatic nitrogens is 5. The van der Waals surface area contributed by atoms with Gasteiger partial charge in [0.05, 0.1) is 22.2 Å². The molecule has 5 heteroatoms. The van der Waals surface area contributed by atoms with Crippen LogP contribution in [0.25, 0.3) is 117 Å². The molecule has 0 saturated heterocycles. The molecule has 0 saturated carbocycles. The maximum atomic E-state index is 5.47.